The van der Waals surface area contributed by atoms with Crippen molar-refractivity contribution in [3.8, 4) is 0 Å². The zero-order valence-electron chi connectivity index (χ0n) is 10.3. The van der Waals surface area contributed by atoms with Gasteiger partial charge in [-0.3, -0.25) is 19.9 Å². The van der Waals surface area contributed by atoms with Gasteiger partial charge >= 0.3 is 0 Å². The summed E-state index contributed by atoms with van der Waals surface area (Å²) in [6.45, 7) is 3.84. The van der Waals surface area contributed by atoms with Gasteiger partial charge in [0.1, 0.15) is 11.4 Å². The maximum atomic E-state index is 11.8. The van der Waals surface area contributed by atoms with E-state index in [0.29, 0.717) is 18.1 Å². The molecule has 18 heavy (non-hydrogen) atoms. The highest BCUT2D eigenvalue weighted by Gasteiger charge is 2.41. The van der Waals surface area contributed by atoms with Crippen LogP contribution in [-0.4, -0.2) is 33.9 Å². The molecule has 0 atom stereocenters. The van der Waals surface area contributed by atoms with Crippen molar-refractivity contribution >= 4 is 17.6 Å². The normalized spacial score (nSPS) is 18.7. The van der Waals surface area contributed by atoms with Crippen LogP contribution in [0.25, 0.3) is 0 Å². The van der Waals surface area contributed by atoms with Crippen LogP contribution in [0.4, 0.5) is 5.82 Å². The first-order valence-corrected chi connectivity index (χ1v) is 5.58. The first-order valence-electron chi connectivity index (χ1n) is 5.58. The Morgan fingerprint density at radius 2 is 2.11 bits per heavy atom. The van der Waals surface area contributed by atoms with E-state index in [4.69, 9.17) is 5.73 Å². The Hall–Kier alpha value is -2.02. The van der Waals surface area contributed by atoms with E-state index in [2.05, 4.69) is 15.3 Å². The second-order valence-electron chi connectivity index (χ2n) is 4.59. The van der Waals surface area contributed by atoms with Gasteiger partial charge in [-0.05, 0) is 13.8 Å². The highest BCUT2D eigenvalue weighted by atomic mass is 16.2. The van der Waals surface area contributed by atoms with Crippen LogP contribution in [0.2, 0.25) is 0 Å². The SMILES string of the molecule is CC1(C)C(=O)NC(=O)CN1c1cnc(CN)cn1. The minimum absolute atomic E-state index is 0.0788. The zero-order chi connectivity index (χ0) is 13.3. The van der Waals surface area contributed by atoms with Crippen molar-refractivity contribution < 1.29 is 9.59 Å². The molecule has 0 bridgehead atoms. The largest absolute Gasteiger partial charge is 0.332 e. The third-order valence-corrected chi connectivity index (χ3v) is 2.96. The molecule has 3 N–H and O–H groups in total. The lowest BCUT2D eigenvalue weighted by atomic mass is 9.99. The van der Waals surface area contributed by atoms with Gasteiger partial charge < -0.3 is 10.6 Å². The molecule has 1 fully saturated rings. The number of amides is 2. The van der Waals surface area contributed by atoms with Crippen molar-refractivity contribution in [2.75, 3.05) is 11.4 Å². The van der Waals surface area contributed by atoms with Gasteiger partial charge in [-0.25, -0.2) is 4.98 Å². The number of carbonyl (C=O) groups is 2. The van der Waals surface area contributed by atoms with Crippen LogP contribution in [0.3, 0.4) is 0 Å². The second-order valence-corrected chi connectivity index (χ2v) is 4.59. The molecule has 0 aliphatic carbocycles. The van der Waals surface area contributed by atoms with Crippen molar-refractivity contribution in [1.29, 1.82) is 0 Å². The number of nitrogens with one attached hydrogen (secondary N) is 1. The Kier molecular flexibility index (Phi) is 3.00. The lowest BCUT2D eigenvalue weighted by Gasteiger charge is -2.40. The average Bonchev–Trinajstić information content (AvgIpc) is 2.34. The Bertz CT molecular complexity index is 483. The Morgan fingerprint density at radius 3 is 2.67 bits per heavy atom. The van der Waals surface area contributed by atoms with E-state index < -0.39 is 5.54 Å². The van der Waals surface area contributed by atoms with E-state index >= 15 is 0 Å². The van der Waals surface area contributed by atoms with E-state index in [9.17, 15) is 9.59 Å². The van der Waals surface area contributed by atoms with Crippen molar-refractivity contribution in [2.24, 2.45) is 5.73 Å². The molecule has 2 amide bonds. The molecular formula is C11H15N5O2. The molecule has 0 spiro atoms. The van der Waals surface area contributed by atoms with Crippen LogP contribution in [0.15, 0.2) is 12.4 Å². The van der Waals surface area contributed by atoms with Crippen LogP contribution < -0.4 is 16.0 Å². The molecule has 0 radical (unpaired) electrons. The fraction of sp³-hybridized carbons (Fsp3) is 0.455. The van der Waals surface area contributed by atoms with Gasteiger partial charge in [-0.1, -0.05) is 0 Å². The Labute approximate surface area is 104 Å². The standard InChI is InChI=1S/C11H15N5O2/c1-11(2)10(18)15-9(17)6-16(11)8-5-13-7(3-12)4-14-8/h4-5H,3,6,12H2,1-2H3,(H,15,17,18). The molecule has 1 aromatic heterocycles. The van der Waals surface area contributed by atoms with Crippen molar-refractivity contribution in [1.82, 2.24) is 15.3 Å². The second kappa shape index (κ2) is 4.34. The smallest absolute Gasteiger partial charge is 0.251 e. The molecule has 1 aromatic rings. The van der Waals surface area contributed by atoms with Crippen molar-refractivity contribution in [3.63, 3.8) is 0 Å². The predicted octanol–water partition coefficient (Wildman–Crippen LogP) is -0.823. The topological polar surface area (TPSA) is 101 Å². The van der Waals surface area contributed by atoms with Crippen LogP contribution in [0.1, 0.15) is 19.5 Å². The molecule has 1 saturated heterocycles. The maximum absolute atomic E-state index is 11.8. The molecule has 1 aliphatic rings. The molecule has 1 aliphatic heterocycles. The first-order chi connectivity index (χ1) is 8.45. The number of nitrogens with zero attached hydrogens (tertiary/aromatic N) is 3. The number of nitrogens with two attached hydrogens (primary N) is 1. The lowest BCUT2D eigenvalue weighted by molar-refractivity contribution is -0.135. The summed E-state index contributed by atoms with van der Waals surface area (Å²) in [5, 5.41) is 2.30. The highest BCUT2D eigenvalue weighted by Crippen LogP contribution is 2.23. The third-order valence-electron chi connectivity index (χ3n) is 2.96. The lowest BCUT2D eigenvalue weighted by Crippen LogP contribution is -2.64. The van der Waals surface area contributed by atoms with E-state index in [1.165, 1.54) is 6.20 Å². The number of rotatable bonds is 2. The summed E-state index contributed by atoms with van der Waals surface area (Å²) >= 11 is 0. The quantitative estimate of drug-likeness (QED) is 0.664. The van der Waals surface area contributed by atoms with Gasteiger partial charge in [0.15, 0.2) is 0 Å². The van der Waals surface area contributed by atoms with Crippen molar-refractivity contribution in [3.05, 3.63) is 18.1 Å². The maximum Gasteiger partial charge on any atom is 0.251 e. The van der Waals surface area contributed by atoms with E-state index in [1.807, 2.05) is 0 Å². The molecule has 2 heterocycles. The van der Waals surface area contributed by atoms with E-state index in [1.54, 1.807) is 24.9 Å². The fourth-order valence-corrected chi connectivity index (χ4v) is 1.74. The zero-order valence-corrected chi connectivity index (χ0v) is 10.3. The summed E-state index contributed by atoms with van der Waals surface area (Å²) in [6.07, 6.45) is 3.07. The molecule has 96 valence electrons. The number of aromatic nitrogens is 2. The molecule has 0 saturated carbocycles. The van der Waals surface area contributed by atoms with Gasteiger partial charge in [-0.15, -0.1) is 0 Å². The number of imide groups is 1. The summed E-state index contributed by atoms with van der Waals surface area (Å²) < 4.78 is 0. The van der Waals surface area contributed by atoms with Crippen LogP contribution in [-0.2, 0) is 16.1 Å². The summed E-state index contributed by atoms with van der Waals surface area (Å²) in [7, 11) is 0. The molecule has 7 nitrogen and oxygen atoms in total. The average molecular weight is 249 g/mol. The summed E-state index contributed by atoms with van der Waals surface area (Å²) in [6, 6.07) is 0. The minimum atomic E-state index is -0.840. The summed E-state index contributed by atoms with van der Waals surface area (Å²) in [5.41, 5.74) is 5.26. The van der Waals surface area contributed by atoms with Crippen LogP contribution >= 0.6 is 0 Å². The highest BCUT2D eigenvalue weighted by molar-refractivity contribution is 6.06. The monoisotopic (exact) mass is 249 g/mol. The number of carbonyl (C=O) groups excluding carboxylic acids is 2. The molecule has 7 heteroatoms. The summed E-state index contributed by atoms with van der Waals surface area (Å²) in [5.74, 6) is -0.201. The van der Waals surface area contributed by atoms with Gasteiger partial charge in [0.25, 0.3) is 5.91 Å². The van der Waals surface area contributed by atoms with Gasteiger partial charge in [0.2, 0.25) is 5.91 Å². The van der Waals surface area contributed by atoms with Crippen LogP contribution in [0, 0.1) is 0 Å². The number of hydrogen-bond donors (Lipinski definition) is 2. The molecular weight excluding hydrogens is 234 g/mol. The first kappa shape index (κ1) is 12.4. The van der Waals surface area contributed by atoms with Crippen molar-refractivity contribution in [2.45, 2.75) is 25.9 Å². The molecule has 2 rings (SSSR count). The number of anilines is 1. The summed E-state index contributed by atoms with van der Waals surface area (Å²) in [4.78, 5) is 33.1. The minimum Gasteiger partial charge on any atom is -0.332 e. The van der Waals surface area contributed by atoms with E-state index in [-0.39, 0.29) is 18.4 Å². The number of piperazine rings is 1. The Morgan fingerprint density at radius 1 is 1.39 bits per heavy atom. The number of hydrogen-bond acceptors (Lipinski definition) is 6. The van der Waals surface area contributed by atoms with E-state index in [0.717, 1.165) is 0 Å². The third kappa shape index (κ3) is 2.04. The van der Waals surface area contributed by atoms with Gasteiger partial charge in [-0.2, -0.15) is 0 Å². The predicted molar refractivity (Wildman–Crippen MR) is 64.5 cm³/mol. The molecule has 0 unspecified atom stereocenters. The van der Waals surface area contributed by atoms with Gasteiger partial charge in [0, 0.05) is 6.54 Å². The molecule has 0 aromatic carbocycles. The Balaban J connectivity index is 2.34. The fourth-order valence-electron chi connectivity index (χ4n) is 1.74. The van der Waals surface area contributed by atoms with Crippen LogP contribution in [0.5, 0.6) is 0 Å². The van der Waals surface area contributed by atoms with Gasteiger partial charge in [0.05, 0.1) is 24.6 Å².